The molecule has 0 bridgehead atoms. The van der Waals surface area contributed by atoms with Crippen molar-refractivity contribution in [2.24, 2.45) is 0 Å². The second-order valence-corrected chi connectivity index (χ2v) is 7.11. The molecule has 0 aliphatic carbocycles. The van der Waals surface area contributed by atoms with Crippen LogP contribution in [0.4, 0.5) is 0 Å². The highest BCUT2D eigenvalue weighted by Gasteiger charge is 2.23. The molecular weight excluding hydrogens is 302 g/mol. The molecule has 23 heavy (non-hydrogen) atoms. The summed E-state index contributed by atoms with van der Waals surface area (Å²) in [6.45, 7) is 10.3. The fraction of sp³-hybridized carbons (Fsp3) is 0.750. The molecule has 0 aliphatic rings. The average molecular weight is 328 g/mol. The van der Waals surface area contributed by atoms with Gasteiger partial charge in [0.25, 0.3) is 0 Å². The molecular formula is C16H26NO6. The fourth-order valence-corrected chi connectivity index (χ4v) is 1.55. The molecule has 131 valence electrons. The number of rotatable bonds is 7. The smallest absolute Gasteiger partial charge is 0.308 e. The molecule has 1 N–H and O–H groups in total. The Labute approximate surface area is 137 Å². The van der Waals surface area contributed by atoms with Crippen LogP contribution in [-0.4, -0.2) is 41.4 Å². The van der Waals surface area contributed by atoms with Crippen LogP contribution in [0.15, 0.2) is 0 Å². The number of carbonyl (C=O) groups excluding carboxylic acids is 4. The van der Waals surface area contributed by atoms with Crippen molar-refractivity contribution in [3.63, 3.8) is 0 Å². The molecule has 0 spiro atoms. The third-order valence-electron chi connectivity index (χ3n) is 2.24. The number of hydrogen-bond donors (Lipinski definition) is 1. The van der Waals surface area contributed by atoms with Crippen LogP contribution in [0.25, 0.3) is 0 Å². The van der Waals surface area contributed by atoms with Crippen molar-refractivity contribution in [1.82, 2.24) is 5.32 Å². The molecule has 1 radical (unpaired) electrons. The first-order chi connectivity index (χ1) is 10.3. The molecule has 1 atom stereocenters. The zero-order valence-corrected chi connectivity index (χ0v) is 14.6. The van der Waals surface area contributed by atoms with E-state index in [1.165, 1.54) is 0 Å². The number of nitrogens with one attached hydrogen (secondary N) is 1. The van der Waals surface area contributed by atoms with Gasteiger partial charge in [-0.25, -0.2) is 0 Å². The van der Waals surface area contributed by atoms with Gasteiger partial charge in [-0.05, 0) is 41.5 Å². The average Bonchev–Trinajstić information content (AvgIpc) is 2.31. The van der Waals surface area contributed by atoms with E-state index in [4.69, 9.17) is 9.47 Å². The van der Waals surface area contributed by atoms with Crippen molar-refractivity contribution < 1.29 is 28.7 Å². The number of esters is 2. The van der Waals surface area contributed by atoms with E-state index in [1.54, 1.807) is 47.8 Å². The number of amides is 1. The van der Waals surface area contributed by atoms with Gasteiger partial charge in [-0.1, -0.05) is 0 Å². The van der Waals surface area contributed by atoms with E-state index in [0.717, 1.165) is 0 Å². The van der Waals surface area contributed by atoms with Crippen LogP contribution < -0.4 is 5.32 Å². The van der Waals surface area contributed by atoms with Crippen molar-refractivity contribution in [3.05, 3.63) is 0 Å². The van der Waals surface area contributed by atoms with Crippen molar-refractivity contribution in [2.75, 3.05) is 0 Å². The van der Waals surface area contributed by atoms with Crippen LogP contribution in [0.5, 0.6) is 0 Å². The van der Waals surface area contributed by atoms with Crippen LogP contribution in [0.1, 0.15) is 60.8 Å². The first-order valence-corrected chi connectivity index (χ1v) is 7.43. The molecule has 0 aromatic carbocycles. The van der Waals surface area contributed by atoms with E-state index in [-0.39, 0.29) is 19.3 Å². The predicted molar refractivity (Wildman–Crippen MR) is 83.2 cm³/mol. The monoisotopic (exact) mass is 328 g/mol. The molecule has 0 saturated heterocycles. The zero-order valence-electron chi connectivity index (χ0n) is 14.6. The van der Waals surface area contributed by atoms with Crippen LogP contribution in [0.2, 0.25) is 0 Å². The van der Waals surface area contributed by atoms with Crippen molar-refractivity contribution in [3.8, 4) is 0 Å². The number of ether oxygens (including phenoxy) is 2. The molecule has 0 fully saturated rings. The second kappa shape index (κ2) is 8.64. The van der Waals surface area contributed by atoms with Gasteiger partial charge in [0.2, 0.25) is 12.2 Å². The molecule has 7 heteroatoms. The summed E-state index contributed by atoms with van der Waals surface area (Å²) >= 11 is 0. The molecule has 0 heterocycles. The Morgan fingerprint density at radius 2 is 1.39 bits per heavy atom. The highest BCUT2D eigenvalue weighted by Crippen LogP contribution is 2.10. The summed E-state index contributed by atoms with van der Waals surface area (Å²) in [4.78, 5) is 45.6. The van der Waals surface area contributed by atoms with Gasteiger partial charge in [0.15, 0.2) is 0 Å². The molecule has 0 unspecified atom stereocenters. The van der Waals surface area contributed by atoms with E-state index in [1.807, 2.05) is 0 Å². The molecule has 0 aromatic rings. The lowest BCUT2D eigenvalue weighted by Gasteiger charge is -2.21. The largest absolute Gasteiger partial charge is 0.460 e. The summed E-state index contributed by atoms with van der Waals surface area (Å²) < 4.78 is 10.1. The van der Waals surface area contributed by atoms with E-state index < -0.39 is 35.1 Å². The maximum absolute atomic E-state index is 11.7. The molecule has 1 amide bonds. The van der Waals surface area contributed by atoms with Gasteiger partial charge >= 0.3 is 11.9 Å². The summed E-state index contributed by atoms with van der Waals surface area (Å²) in [5.74, 6) is -1.66. The van der Waals surface area contributed by atoms with Crippen LogP contribution >= 0.6 is 0 Å². The highest BCUT2D eigenvalue weighted by molar-refractivity contribution is 5.85. The topological polar surface area (TPSA) is 98.8 Å². The van der Waals surface area contributed by atoms with Crippen LogP contribution in [-0.2, 0) is 28.7 Å². The summed E-state index contributed by atoms with van der Waals surface area (Å²) in [5, 5.41) is 2.33. The maximum atomic E-state index is 11.7. The minimum atomic E-state index is -1.10. The molecule has 7 nitrogen and oxygen atoms in total. The lowest BCUT2D eigenvalue weighted by molar-refractivity contribution is -0.157. The Morgan fingerprint density at radius 3 is 1.83 bits per heavy atom. The van der Waals surface area contributed by atoms with Crippen molar-refractivity contribution in [2.45, 2.75) is 78.0 Å². The lowest BCUT2D eigenvalue weighted by Crippen LogP contribution is -2.39. The van der Waals surface area contributed by atoms with Gasteiger partial charge in [-0.15, -0.1) is 0 Å². The highest BCUT2D eigenvalue weighted by atomic mass is 16.6. The normalized spacial score (nSPS) is 13.0. The standard InChI is InChI=1S/C16H26NO6/c1-15(2,3)22-13(20)8-7-12(19)17-11(10-18)9-14(21)23-16(4,5)6/h11H,7-9H2,1-6H3,(H,17,19)/t11-/m0/s1. The van der Waals surface area contributed by atoms with E-state index >= 15 is 0 Å². The Kier molecular flexibility index (Phi) is 7.92. The third kappa shape index (κ3) is 12.3. The first-order valence-electron chi connectivity index (χ1n) is 7.43. The van der Waals surface area contributed by atoms with E-state index in [9.17, 15) is 19.2 Å². The second-order valence-electron chi connectivity index (χ2n) is 7.11. The fourth-order valence-electron chi connectivity index (χ4n) is 1.55. The van der Waals surface area contributed by atoms with Gasteiger partial charge in [0, 0.05) is 6.42 Å². The third-order valence-corrected chi connectivity index (χ3v) is 2.24. The number of carbonyl (C=O) groups is 3. The summed E-state index contributed by atoms with van der Waals surface area (Å²) in [6.07, 6.45) is 1.02. The summed E-state index contributed by atoms with van der Waals surface area (Å²) in [6, 6.07) is -1.10. The van der Waals surface area contributed by atoms with E-state index in [0.29, 0.717) is 0 Å². The zero-order chi connectivity index (χ0) is 18.3. The lowest BCUT2D eigenvalue weighted by atomic mass is 10.1. The van der Waals surface area contributed by atoms with Gasteiger partial charge in [0.1, 0.15) is 17.2 Å². The van der Waals surface area contributed by atoms with E-state index in [2.05, 4.69) is 5.32 Å². The van der Waals surface area contributed by atoms with Gasteiger partial charge in [-0.2, -0.15) is 0 Å². The van der Waals surface area contributed by atoms with Crippen LogP contribution in [0, 0.1) is 0 Å². The predicted octanol–water partition coefficient (Wildman–Crippen LogP) is 1.43. The minimum absolute atomic E-state index is 0.110. The molecule has 0 aromatic heterocycles. The Bertz CT molecular complexity index is 444. The first kappa shape index (κ1) is 21.1. The SMILES string of the molecule is CC(C)(C)OC(=O)CCC(=O)N[C@H]([C]=O)CC(=O)OC(C)(C)C. The maximum Gasteiger partial charge on any atom is 0.308 e. The van der Waals surface area contributed by atoms with Gasteiger partial charge in [0.05, 0.1) is 12.8 Å². The Morgan fingerprint density at radius 1 is 0.913 bits per heavy atom. The van der Waals surface area contributed by atoms with Gasteiger partial charge in [-0.3, -0.25) is 19.2 Å². The van der Waals surface area contributed by atoms with Crippen molar-refractivity contribution >= 4 is 24.1 Å². The Hall–Kier alpha value is -1.92. The number of hydrogen-bond acceptors (Lipinski definition) is 6. The minimum Gasteiger partial charge on any atom is -0.460 e. The van der Waals surface area contributed by atoms with Crippen molar-refractivity contribution in [1.29, 1.82) is 0 Å². The van der Waals surface area contributed by atoms with Gasteiger partial charge < -0.3 is 14.8 Å². The molecule has 0 aliphatic heterocycles. The van der Waals surface area contributed by atoms with Crippen LogP contribution in [0.3, 0.4) is 0 Å². The Balaban J connectivity index is 4.27. The summed E-state index contributed by atoms with van der Waals surface area (Å²) in [7, 11) is 0. The summed E-state index contributed by atoms with van der Waals surface area (Å²) in [5.41, 5.74) is -1.30. The molecule has 0 rings (SSSR count). The quantitative estimate of drug-likeness (QED) is 0.710. The molecule has 0 saturated carbocycles.